The Hall–Kier alpha value is -3.43. The summed E-state index contributed by atoms with van der Waals surface area (Å²) < 4.78 is 25.2. The van der Waals surface area contributed by atoms with Crippen LogP contribution in [0.4, 0.5) is 21.6 Å². The molecule has 1 saturated heterocycles. The van der Waals surface area contributed by atoms with E-state index in [0.29, 0.717) is 42.5 Å². The summed E-state index contributed by atoms with van der Waals surface area (Å²) in [6.45, 7) is 1.59. The molecule has 0 radical (unpaired) electrons. The average Bonchev–Trinajstić information content (AvgIpc) is 3.32. The molecular weight excluding hydrogens is 461 g/mol. The van der Waals surface area contributed by atoms with E-state index in [2.05, 4.69) is 20.6 Å². The molecule has 10 heteroatoms. The summed E-state index contributed by atoms with van der Waals surface area (Å²) in [7, 11) is 3.39. The molecule has 2 heterocycles. The van der Waals surface area contributed by atoms with E-state index in [0.717, 1.165) is 17.5 Å². The van der Waals surface area contributed by atoms with Crippen molar-refractivity contribution in [1.82, 2.24) is 14.9 Å². The number of ether oxygens (including phenoxy) is 2. The van der Waals surface area contributed by atoms with Crippen LogP contribution in [0.25, 0.3) is 10.9 Å². The number of fused-ring (bicyclic) bond motifs is 1. The monoisotopic (exact) mass is 485 g/mol. The summed E-state index contributed by atoms with van der Waals surface area (Å²) in [6.07, 6.45) is 5.45. The molecule has 1 unspecified atom stereocenters. The number of likely N-dealkylation sites (N-methyl/N-ethyl adjacent to an activating group) is 1. The molecule has 1 aliphatic rings. The smallest absolute Gasteiger partial charge is 0.245 e. The SMILES string of the molecule is CN(C)C(=O)C=CCNc1cc2c(Nc3ccc(F)c(Cl)c3)ncnc2cc1OC1CCOC1. The highest BCUT2D eigenvalue weighted by molar-refractivity contribution is 6.31. The zero-order chi connectivity index (χ0) is 24.1. The normalized spacial score (nSPS) is 15.6. The number of carbonyl (C=O) groups is 1. The third-order valence-electron chi connectivity index (χ3n) is 5.21. The molecular formula is C24H25ClFN5O3. The van der Waals surface area contributed by atoms with E-state index in [-0.39, 0.29) is 17.0 Å². The first-order valence-corrected chi connectivity index (χ1v) is 11.2. The van der Waals surface area contributed by atoms with Gasteiger partial charge < -0.3 is 25.0 Å². The van der Waals surface area contributed by atoms with Crippen LogP contribution in [0.3, 0.4) is 0 Å². The van der Waals surface area contributed by atoms with Crippen LogP contribution in [-0.4, -0.2) is 60.7 Å². The van der Waals surface area contributed by atoms with Gasteiger partial charge in [0.05, 0.1) is 29.4 Å². The molecule has 34 heavy (non-hydrogen) atoms. The number of benzene rings is 2. The van der Waals surface area contributed by atoms with Gasteiger partial charge in [-0.1, -0.05) is 17.7 Å². The Labute approximate surface area is 201 Å². The second kappa shape index (κ2) is 10.7. The zero-order valence-electron chi connectivity index (χ0n) is 18.8. The molecule has 178 valence electrons. The Balaban J connectivity index is 1.65. The van der Waals surface area contributed by atoms with Gasteiger partial charge in [-0.3, -0.25) is 4.79 Å². The van der Waals surface area contributed by atoms with Crippen LogP contribution in [0.5, 0.6) is 5.75 Å². The van der Waals surface area contributed by atoms with E-state index in [9.17, 15) is 9.18 Å². The zero-order valence-corrected chi connectivity index (χ0v) is 19.6. The number of nitrogens with one attached hydrogen (secondary N) is 2. The fourth-order valence-corrected chi connectivity index (χ4v) is 3.57. The fraction of sp³-hybridized carbons (Fsp3) is 0.292. The number of halogens is 2. The maximum absolute atomic E-state index is 13.6. The topological polar surface area (TPSA) is 88.6 Å². The van der Waals surface area contributed by atoms with Crippen molar-refractivity contribution in [1.29, 1.82) is 0 Å². The minimum Gasteiger partial charge on any atom is -0.486 e. The molecule has 1 aromatic heterocycles. The van der Waals surface area contributed by atoms with Gasteiger partial charge in [-0.25, -0.2) is 14.4 Å². The van der Waals surface area contributed by atoms with Gasteiger partial charge in [-0.15, -0.1) is 0 Å². The van der Waals surface area contributed by atoms with Crippen LogP contribution in [0.15, 0.2) is 48.8 Å². The Morgan fingerprint density at radius 3 is 2.91 bits per heavy atom. The van der Waals surface area contributed by atoms with Crippen molar-refractivity contribution >= 4 is 45.6 Å². The first-order chi connectivity index (χ1) is 16.4. The van der Waals surface area contributed by atoms with Crippen LogP contribution in [0.1, 0.15) is 6.42 Å². The molecule has 0 spiro atoms. The van der Waals surface area contributed by atoms with Gasteiger partial charge in [-0.2, -0.15) is 0 Å². The van der Waals surface area contributed by atoms with Crippen LogP contribution in [0, 0.1) is 5.82 Å². The number of anilines is 3. The van der Waals surface area contributed by atoms with Crippen LogP contribution in [0.2, 0.25) is 5.02 Å². The van der Waals surface area contributed by atoms with Crippen LogP contribution >= 0.6 is 11.6 Å². The number of nitrogens with zero attached hydrogens (tertiary/aromatic N) is 3. The Kier molecular flexibility index (Phi) is 7.44. The van der Waals surface area contributed by atoms with Gasteiger partial charge in [0.1, 0.15) is 29.8 Å². The van der Waals surface area contributed by atoms with E-state index in [1.54, 1.807) is 26.2 Å². The molecule has 2 N–H and O–H groups in total. The lowest BCUT2D eigenvalue weighted by Crippen LogP contribution is -2.19. The summed E-state index contributed by atoms with van der Waals surface area (Å²) in [6, 6.07) is 8.09. The highest BCUT2D eigenvalue weighted by Crippen LogP contribution is 2.35. The van der Waals surface area contributed by atoms with E-state index in [1.807, 2.05) is 12.1 Å². The highest BCUT2D eigenvalue weighted by atomic mass is 35.5. The number of aromatic nitrogens is 2. The molecule has 2 aromatic carbocycles. The van der Waals surface area contributed by atoms with Gasteiger partial charge >= 0.3 is 0 Å². The van der Waals surface area contributed by atoms with Crippen molar-refractivity contribution < 1.29 is 18.7 Å². The Morgan fingerprint density at radius 2 is 2.18 bits per heavy atom. The molecule has 3 aromatic rings. The molecule has 0 aliphatic carbocycles. The first kappa shape index (κ1) is 23.7. The minimum absolute atomic E-state index is 0.0132. The maximum Gasteiger partial charge on any atom is 0.245 e. The third kappa shape index (κ3) is 5.73. The largest absolute Gasteiger partial charge is 0.486 e. The minimum atomic E-state index is -0.496. The fourth-order valence-electron chi connectivity index (χ4n) is 3.39. The maximum atomic E-state index is 13.6. The van der Waals surface area contributed by atoms with Gasteiger partial charge in [0.2, 0.25) is 5.91 Å². The molecule has 1 fully saturated rings. The molecule has 4 rings (SSSR count). The lowest BCUT2D eigenvalue weighted by atomic mass is 10.1. The summed E-state index contributed by atoms with van der Waals surface area (Å²) in [5.41, 5.74) is 1.98. The van der Waals surface area contributed by atoms with Gasteiger partial charge in [0.15, 0.2) is 0 Å². The van der Waals surface area contributed by atoms with Gasteiger partial charge in [-0.05, 0) is 24.3 Å². The Bertz CT molecular complexity index is 1210. The predicted octanol–water partition coefficient (Wildman–Crippen LogP) is 4.39. The third-order valence-corrected chi connectivity index (χ3v) is 5.50. The summed E-state index contributed by atoms with van der Waals surface area (Å²) in [5, 5.41) is 7.22. The molecule has 1 atom stereocenters. The second-order valence-electron chi connectivity index (χ2n) is 7.96. The first-order valence-electron chi connectivity index (χ1n) is 10.8. The molecule has 0 bridgehead atoms. The van der Waals surface area contributed by atoms with Crippen molar-refractivity contribution in [3.63, 3.8) is 0 Å². The molecule has 1 aliphatic heterocycles. The average molecular weight is 486 g/mol. The van der Waals surface area contributed by atoms with Gasteiger partial charge in [0, 0.05) is 50.3 Å². The van der Waals surface area contributed by atoms with E-state index < -0.39 is 5.82 Å². The quantitative estimate of drug-likeness (QED) is 0.457. The summed E-state index contributed by atoms with van der Waals surface area (Å²) >= 11 is 5.92. The van der Waals surface area contributed by atoms with Crippen molar-refractivity contribution in [3.05, 3.63) is 59.7 Å². The molecule has 8 nitrogen and oxygen atoms in total. The number of amides is 1. The molecule has 1 amide bonds. The van der Waals surface area contributed by atoms with Gasteiger partial charge in [0.25, 0.3) is 0 Å². The van der Waals surface area contributed by atoms with Crippen LogP contribution in [-0.2, 0) is 9.53 Å². The summed E-state index contributed by atoms with van der Waals surface area (Å²) in [4.78, 5) is 22.0. The van der Waals surface area contributed by atoms with Crippen molar-refractivity contribution in [2.75, 3.05) is 44.5 Å². The van der Waals surface area contributed by atoms with Crippen molar-refractivity contribution in [2.45, 2.75) is 12.5 Å². The second-order valence-corrected chi connectivity index (χ2v) is 8.37. The highest BCUT2D eigenvalue weighted by Gasteiger charge is 2.20. The number of rotatable bonds is 8. The predicted molar refractivity (Wildman–Crippen MR) is 130 cm³/mol. The van der Waals surface area contributed by atoms with E-state index in [4.69, 9.17) is 21.1 Å². The van der Waals surface area contributed by atoms with E-state index >= 15 is 0 Å². The summed E-state index contributed by atoms with van der Waals surface area (Å²) in [5.74, 6) is 0.567. The van der Waals surface area contributed by atoms with Crippen molar-refractivity contribution in [2.24, 2.45) is 0 Å². The number of carbonyl (C=O) groups excluding carboxylic acids is 1. The Morgan fingerprint density at radius 1 is 1.32 bits per heavy atom. The van der Waals surface area contributed by atoms with Crippen molar-refractivity contribution in [3.8, 4) is 5.75 Å². The van der Waals surface area contributed by atoms with E-state index in [1.165, 1.54) is 29.4 Å². The lowest BCUT2D eigenvalue weighted by molar-refractivity contribution is -0.123. The standard InChI is InChI=1S/C24H25ClFN5O3/c1-31(2)23(32)4-3-8-27-21-11-17-20(12-22(21)34-16-7-9-33-13-16)28-14-29-24(17)30-15-5-6-19(26)18(25)10-15/h3-6,10-12,14,16,27H,7-9,13H2,1-2H3,(H,28,29,30). The number of hydrogen-bond acceptors (Lipinski definition) is 7. The number of hydrogen-bond donors (Lipinski definition) is 2. The van der Waals surface area contributed by atoms with Crippen LogP contribution < -0.4 is 15.4 Å². The lowest BCUT2D eigenvalue weighted by Gasteiger charge is -2.18. The molecule has 0 saturated carbocycles.